The first-order valence-electron chi connectivity index (χ1n) is 7.76. The molecule has 2 aromatic carbocycles. The summed E-state index contributed by atoms with van der Waals surface area (Å²) < 4.78 is 12.5. The van der Waals surface area contributed by atoms with E-state index in [-0.39, 0.29) is 5.82 Å². The van der Waals surface area contributed by atoms with Crippen molar-refractivity contribution in [2.75, 3.05) is 0 Å². The summed E-state index contributed by atoms with van der Waals surface area (Å²) in [5, 5.41) is 0.731. The third-order valence-corrected chi connectivity index (χ3v) is 3.60. The third kappa shape index (κ3) is 8.35. The van der Waals surface area contributed by atoms with Gasteiger partial charge in [-0.05, 0) is 38.0 Å². The monoisotopic (exact) mass is 360 g/mol. The van der Waals surface area contributed by atoms with E-state index in [1.807, 2.05) is 26.0 Å². The van der Waals surface area contributed by atoms with Crippen LogP contribution in [0.2, 0.25) is 5.02 Å². The summed E-state index contributed by atoms with van der Waals surface area (Å²) in [4.78, 5) is 7.69. The van der Waals surface area contributed by atoms with Crippen molar-refractivity contribution < 1.29 is 4.39 Å². The van der Waals surface area contributed by atoms with Crippen LogP contribution in [0.4, 0.5) is 4.39 Å². The molecule has 0 N–H and O–H groups in total. The Bertz CT molecular complexity index is 772. The van der Waals surface area contributed by atoms with Gasteiger partial charge in [0.25, 0.3) is 0 Å². The van der Waals surface area contributed by atoms with E-state index >= 15 is 0 Å². The fourth-order valence-corrected chi connectivity index (χ4v) is 1.81. The molecule has 3 aromatic rings. The molecule has 0 aliphatic heterocycles. The molecule has 0 saturated carbocycles. The summed E-state index contributed by atoms with van der Waals surface area (Å²) in [5.41, 5.74) is 3.48. The lowest BCUT2D eigenvalue weighted by Gasteiger charge is -1.96. The molecular formula is C19H17B3ClFN2. The molecular weight excluding hydrogens is 343 g/mol. The second-order valence-electron chi connectivity index (χ2n) is 5.58. The first kappa shape index (κ1) is 22.0. The Balaban J connectivity index is 0.000000195. The molecule has 0 amide bonds. The predicted molar refractivity (Wildman–Crippen MR) is 110 cm³/mol. The molecule has 0 unspecified atom stereocenters. The number of hydrogen-bond donors (Lipinski definition) is 0. The van der Waals surface area contributed by atoms with Crippen molar-refractivity contribution in [3.8, 4) is 0 Å². The number of aryl methyl sites for hydroxylation is 3. The first-order chi connectivity index (χ1) is 12.2. The molecule has 0 aliphatic carbocycles. The number of halogens is 2. The van der Waals surface area contributed by atoms with Crippen LogP contribution in [0.15, 0.2) is 48.8 Å². The van der Waals surface area contributed by atoms with Crippen molar-refractivity contribution in [1.29, 1.82) is 0 Å². The van der Waals surface area contributed by atoms with Gasteiger partial charge in [0.15, 0.2) is 0 Å². The molecule has 6 radical (unpaired) electrons. The average molecular weight is 360 g/mol. The highest BCUT2D eigenvalue weighted by Crippen LogP contribution is 2.10. The summed E-state index contributed by atoms with van der Waals surface area (Å²) in [6.07, 6.45) is 3.17. The van der Waals surface area contributed by atoms with Crippen LogP contribution in [-0.2, 0) is 0 Å². The second-order valence-corrected chi connectivity index (χ2v) is 5.99. The van der Waals surface area contributed by atoms with Gasteiger partial charge in [-0.3, -0.25) is 0 Å². The Hall–Kier alpha value is -2.07. The molecule has 0 saturated heterocycles. The number of rotatable bonds is 0. The summed E-state index contributed by atoms with van der Waals surface area (Å²) in [7, 11) is 16.0. The SMILES string of the molecule is [B]c1ccc(C)c(Cl)c1.[B]c1ccc(C)c(F)c1.[B]c1cnc(C)nc1. The smallest absolute Gasteiger partial charge is 0.125 e. The number of nitrogens with zero attached hydrogens (tertiary/aromatic N) is 2. The average Bonchev–Trinajstić information content (AvgIpc) is 2.59. The van der Waals surface area contributed by atoms with Gasteiger partial charge in [-0.1, -0.05) is 58.3 Å². The van der Waals surface area contributed by atoms with Crippen LogP contribution in [0.1, 0.15) is 17.0 Å². The van der Waals surface area contributed by atoms with Gasteiger partial charge in [-0.25, -0.2) is 14.4 Å². The van der Waals surface area contributed by atoms with E-state index in [0.29, 0.717) is 22.0 Å². The van der Waals surface area contributed by atoms with Crippen LogP contribution in [0, 0.1) is 26.6 Å². The molecule has 2 nitrogen and oxygen atoms in total. The largest absolute Gasteiger partial charge is 0.242 e. The van der Waals surface area contributed by atoms with Crippen molar-refractivity contribution in [1.82, 2.24) is 9.97 Å². The standard InChI is InChI=1S/C7H6BCl.C7H6BF.C5H5BN2/c2*1-5-2-3-6(8)4-7(5)9;1-4-7-2-5(6)3-8-4/h2*2-4H,1H3;2-3H,1H3. The number of hydrogen-bond acceptors (Lipinski definition) is 2. The second kappa shape index (κ2) is 10.8. The Kier molecular flexibility index (Phi) is 9.15. The van der Waals surface area contributed by atoms with Crippen LogP contribution in [-0.4, -0.2) is 33.5 Å². The molecule has 1 heterocycles. The normalized spacial score (nSPS) is 9.42. The van der Waals surface area contributed by atoms with E-state index in [9.17, 15) is 4.39 Å². The van der Waals surface area contributed by atoms with Crippen LogP contribution < -0.4 is 16.4 Å². The molecule has 0 atom stereocenters. The van der Waals surface area contributed by atoms with Crippen LogP contribution in [0.25, 0.3) is 0 Å². The minimum Gasteiger partial charge on any atom is -0.242 e. The Morgan fingerprint density at radius 2 is 1.27 bits per heavy atom. The molecule has 0 aliphatic rings. The molecule has 26 heavy (non-hydrogen) atoms. The maximum atomic E-state index is 12.5. The van der Waals surface area contributed by atoms with Gasteiger partial charge in [0.1, 0.15) is 35.2 Å². The molecule has 1 aromatic heterocycles. The van der Waals surface area contributed by atoms with Crippen molar-refractivity contribution in [3.05, 3.63) is 76.6 Å². The van der Waals surface area contributed by atoms with Gasteiger partial charge in [-0.2, -0.15) is 0 Å². The fraction of sp³-hybridized carbons (Fsp3) is 0.158. The van der Waals surface area contributed by atoms with E-state index in [1.165, 1.54) is 6.07 Å². The summed E-state index contributed by atoms with van der Waals surface area (Å²) in [6.45, 7) is 5.47. The maximum Gasteiger partial charge on any atom is 0.125 e. The minimum absolute atomic E-state index is 0.241. The van der Waals surface area contributed by atoms with Crippen LogP contribution in [0.3, 0.4) is 0 Å². The zero-order valence-electron chi connectivity index (χ0n) is 15.0. The fourth-order valence-electron chi connectivity index (χ4n) is 1.62. The van der Waals surface area contributed by atoms with E-state index in [4.69, 9.17) is 35.1 Å². The topological polar surface area (TPSA) is 25.8 Å². The van der Waals surface area contributed by atoms with E-state index in [0.717, 1.165) is 16.4 Å². The van der Waals surface area contributed by atoms with E-state index in [1.54, 1.807) is 37.5 Å². The van der Waals surface area contributed by atoms with Crippen molar-refractivity contribution >= 4 is 51.5 Å². The van der Waals surface area contributed by atoms with Gasteiger partial charge in [0.05, 0.1) is 0 Å². The Morgan fingerprint density at radius 1 is 0.769 bits per heavy atom. The number of aromatic nitrogens is 2. The van der Waals surface area contributed by atoms with Crippen molar-refractivity contribution in [2.45, 2.75) is 20.8 Å². The van der Waals surface area contributed by atoms with Crippen LogP contribution in [0.5, 0.6) is 0 Å². The van der Waals surface area contributed by atoms with Gasteiger partial charge in [-0.15, -0.1) is 0 Å². The van der Waals surface area contributed by atoms with Crippen molar-refractivity contribution in [3.63, 3.8) is 0 Å². The molecule has 0 bridgehead atoms. The highest BCUT2D eigenvalue weighted by molar-refractivity contribution is 6.36. The van der Waals surface area contributed by atoms with E-state index < -0.39 is 0 Å². The van der Waals surface area contributed by atoms with E-state index in [2.05, 4.69) is 9.97 Å². The molecule has 3 rings (SSSR count). The molecule has 0 spiro atoms. The predicted octanol–water partition coefficient (Wildman–Crippen LogP) is 1.95. The number of benzene rings is 2. The molecule has 7 heteroatoms. The van der Waals surface area contributed by atoms with Gasteiger partial charge in [0, 0.05) is 17.4 Å². The summed E-state index contributed by atoms with van der Waals surface area (Å²) in [5.74, 6) is 0.509. The molecule has 126 valence electrons. The van der Waals surface area contributed by atoms with Gasteiger partial charge >= 0.3 is 0 Å². The zero-order valence-corrected chi connectivity index (χ0v) is 15.8. The highest BCUT2D eigenvalue weighted by Gasteiger charge is 1.93. The lowest BCUT2D eigenvalue weighted by Crippen LogP contribution is -2.04. The first-order valence-corrected chi connectivity index (χ1v) is 8.14. The maximum absolute atomic E-state index is 12.5. The highest BCUT2D eigenvalue weighted by atomic mass is 35.5. The van der Waals surface area contributed by atoms with Crippen molar-refractivity contribution in [2.24, 2.45) is 0 Å². The quantitative estimate of drug-likeness (QED) is 0.573. The minimum atomic E-state index is -0.241. The zero-order chi connectivity index (χ0) is 19.7. The lowest BCUT2D eigenvalue weighted by atomic mass is 9.95. The summed E-state index contributed by atoms with van der Waals surface area (Å²) >= 11 is 5.73. The third-order valence-electron chi connectivity index (χ3n) is 3.19. The summed E-state index contributed by atoms with van der Waals surface area (Å²) in [6, 6.07) is 10.1. The van der Waals surface area contributed by atoms with Crippen LogP contribution >= 0.6 is 11.6 Å². The van der Waals surface area contributed by atoms with Gasteiger partial charge < -0.3 is 0 Å². The lowest BCUT2D eigenvalue weighted by molar-refractivity contribution is 0.619. The molecule has 0 fully saturated rings. The Morgan fingerprint density at radius 3 is 1.65 bits per heavy atom. The van der Waals surface area contributed by atoms with Gasteiger partial charge in [0.2, 0.25) is 0 Å². The Labute approximate surface area is 163 Å².